The van der Waals surface area contributed by atoms with E-state index < -0.39 is 0 Å². The largest absolute Gasteiger partial charge is 0.355 e. The summed E-state index contributed by atoms with van der Waals surface area (Å²) in [5.74, 6) is 0.179. The van der Waals surface area contributed by atoms with Gasteiger partial charge in [-0.1, -0.05) is 60.4 Å². The second-order valence-corrected chi connectivity index (χ2v) is 7.25. The lowest BCUT2D eigenvalue weighted by molar-refractivity contribution is -0.118. The predicted octanol–water partition coefficient (Wildman–Crippen LogP) is 2.73. The minimum atomic E-state index is -0.0659. The second kappa shape index (κ2) is 10.0. The lowest BCUT2D eigenvalue weighted by atomic mass is 10.1. The molecular weight excluding hydrogens is 344 g/mol. The van der Waals surface area contributed by atoms with Crippen molar-refractivity contribution < 1.29 is 9.59 Å². The Bertz CT molecular complexity index is 661. The molecular formula is C16H20N4O2S2. The van der Waals surface area contributed by atoms with Gasteiger partial charge in [-0.25, -0.2) is 0 Å². The van der Waals surface area contributed by atoms with Crippen LogP contribution in [0.15, 0.2) is 34.7 Å². The third-order valence-electron chi connectivity index (χ3n) is 3.04. The molecule has 0 unspecified atom stereocenters. The lowest BCUT2D eigenvalue weighted by Gasteiger charge is -2.04. The minimum Gasteiger partial charge on any atom is -0.355 e. The molecule has 0 spiro atoms. The molecule has 0 radical (unpaired) electrons. The zero-order chi connectivity index (χ0) is 17.2. The SMILES string of the molecule is CCCC(=O)Nc1nnc(SCC(=O)NCCc2ccccc2)s1. The van der Waals surface area contributed by atoms with E-state index in [4.69, 9.17) is 0 Å². The Morgan fingerprint density at radius 2 is 1.96 bits per heavy atom. The Kier molecular flexibility index (Phi) is 7.70. The van der Waals surface area contributed by atoms with Crippen LogP contribution in [0.2, 0.25) is 0 Å². The van der Waals surface area contributed by atoms with Crippen LogP contribution in [-0.4, -0.2) is 34.3 Å². The van der Waals surface area contributed by atoms with E-state index in [1.807, 2.05) is 37.3 Å². The fourth-order valence-electron chi connectivity index (χ4n) is 1.90. The molecule has 1 aromatic heterocycles. The van der Waals surface area contributed by atoms with E-state index in [2.05, 4.69) is 20.8 Å². The number of nitrogens with zero attached hydrogens (tertiary/aromatic N) is 2. The van der Waals surface area contributed by atoms with Gasteiger partial charge in [-0.3, -0.25) is 9.59 Å². The summed E-state index contributed by atoms with van der Waals surface area (Å²) < 4.78 is 0.667. The fraction of sp³-hybridized carbons (Fsp3) is 0.375. The third-order valence-corrected chi connectivity index (χ3v) is 5.01. The van der Waals surface area contributed by atoms with Crippen molar-refractivity contribution in [1.29, 1.82) is 0 Å². The van der Waals surface area contributed by atoms with Gasteiger partial charge >= 0.3 is 0 Å². The molecule has 8 heteroatoms. The van der Waals surface area contributed by atoms with Crippen LogP contribution in [0, 0.1) is 0 Å². The molecule has 1 aromatic carbocycles. The highest BCUT2D eigenvalue weighted by molar-refractivity contribution is 8.01. The zero-order valence-electron chi connectivity index (χ0n) is 13.4. The molecule has 0 atom stereocenters. The van der Waals surface area contributed by atoms with Crippen LogP contribution in [0.5, 0.6) is 0 Å². The van der Waals surface area contributed by atoms with E-state index >= 15 is 0 Å². The molecule has 0 fully saturated rings. The monoisotopic (exact) mass is 364 g/mol. The summed E-state index contributed by atoms with van der Waals surface area (Å²) in [5, 5.41) is 13.9. The summed E-state index contributed by atoms with van der Waals surface area (Å²) in [7, 11) is 0. The Morgan fingerprint density at radius 1 is 1.17 bits per heavy atom. The van der Waals surface area contributed by atoms with Gasteiger partial charge in [0, 0.05) is 13.0 Å². The first-order chi connectivity index (χ1) is 11.7. The van der Waals surface area contributed by atoms with Gasteiger partial charge in [0.15, 0.2) is 4.34 Å². The van der Waals surface area contributed by atoms with Crippen LogP contribution in [0.3, 0.4) is 0 Å². The number of rotatable bonds is 9. The van der Waals surface area contributed by atoms with Gasteiger partial charge < -0.3 is 10.6 Å². The topological polar surface area (TPSA) is 84.0 Å². The molecule has 0 saturated carbocycles. The quantitative estimate of drug-likeness (QED) is 0.528. The number of carbonyl (C=O) groups is 2. The molecule has 0 aliphatic rings. The molecule has 2 N–H and O–H groups in total. The van der Waals surface area contributed by atoms with Crippen molar-refractivity contribution in [2.75, 3.05) is 17.6 Å². The molecule has 6 nitrogen and oxygen atoms in total. The van der Waals surface area contributed by atoms with Crippen molar-refractivity contribution >= 4 is 40.0 Å². The third kappa shape index (κ3) is 6.67. The van der Waals surface area contributed by atoms with Crippen molar-refractivity contribution in [3.05, 3.63) is 35.9 Å². The van der Waals surface area contributed by atoms with Crippen LogP contribution in [0.25, 0.3) is 0 Å². The van der Waals surface area contributed by atoms with Crippen LogP contribution < -0.4 is 10.6 Å². The van der Waals surface area contributed by atoms with E-state index in [1.54, 1.807) is 0 Å². The Balaban J connectivity index is 1.66. The van der Waals surface area contributed by atoms with Gasteiger partial charge in [0.1, 0.15) is 0 Å². The number of amides is 2. The molecule has 1 heterocycles. The Morgan fingerprint density at radius 3 is 2.71 bits per heavy atom. The maximum atomic E-state index is 11.8. The van der Waals surface area contributed by atoms with Gasteiger partial charge in [0.2, 0.25) is 16.9 Å². The number of hydrogen-bond donors (Lipinski definition) is 2. The fourth-order valence-corrected chi connectivity index (χ4v) is 3.49. The number of nitrogens with one attached hydrogen (secondary N) is 2. The Labute approximate surface area is 149 Å². The van der Waals surface area contributed by atoms with E-state index in [-0.39, 0.29) is 17.6 Å². The number of hydrogen-bond acceptors (Lipinski definition) is 6. The van der Waals surface area contributed by atoms with Gasteiger partial charge in [-0.05, 0) is 18.4 Å². The summed E-state index contributed by atoms with van der Waals surface area (Å²) in [6.07, 6.45) is 2.06. The van der Waals surface area contributed by atoms with Crippen molar-refractivity contribution in [2.24, 2.45) is 0 Å². The number of thioether (sulfide) groups is 1. The van der Waals surface area contributed by atoms with Crippen molar-refractivity contribution in [1.82, 2.24) is 15.5 Å². The van der Waals surface area contributed by atoms with Crippen LogP contribution in [0.4, 0.5) is 5.13 Å². The van der Waals surface area contributed by atoms with Crippen molar-refractivity contribution in [3.63, 3.8) is 0 Å². The summed E-state index contributed by atoms with van der Waals surface area (Å²) in [5.41, 5.74) is 1.20. The molecule has 2 amide bonds. The smallest absolute Gasteiger partial charge is 0.230 e. The number of anilines is 1. The van der Waals surface area contributed by atoms with Gasteiger partial charge in [-0.15, -0.1) is 10.2 Å². The Hall–Kier alpha value is -1.93. The summed E-state index contributed by atoms with van der Waals surface area (Å²) >= 11 is 2.60. The van der Waals surface area contributed by atoms with Crippen LogP contribution in [-0.2, 0) is 16.0 Å². The first-order valence-corrected chi connectivity index (χ1v) is 9.54. The standard InChI is InChI=1S/C16H20N4O2S2/c1-2-6-13(21)18-15-19-20-16(24-15)23-11-14(22)17-10-9-12-7-4-3-5-8-12/h3-5,7-8H,2,6,9-11H2,1H3,(H,17,22)(H,18,19,21). The predicted molar refractivity (Wildman–Crippen MR) is 97.3 cm³/mol. The maximum absolute atomic E-state index is 11.8. The molecule has 0 aliphatic carbocycles. The first kappa shape index (κ1) is 18.4. The van der Waals surface area contributed by atoms with Crippen LogP contribution >= 0.6 is 23.1 Å². The normalized spacial score (nSPS) is 10.4. The number of benzene rings is 1. The van der Waals surface area contributed by atoms with Gasteiger partial charge in [0.05, 0.1) is 5.75 Å². The van der Waals surface area contributed by atoms with Gasteiger partial charge in [0.25, 0.3) is 0 Å². The molecule has 0 aliphatic heterocycles. The van der Waals surface area contributed by atoms with E-state index in [0.717, 1.165) is 12.8 Å². The number of aromatic nitrogens is 2. The highest BCUT2D eigenvalue weighted by atomic mass is 32.2. The molecule has 128 valence electrons. The summed E-state index contributed by atoms with van der Waals surface area (Å²) in [6.45, 7) is 2.55. The average Bonchev–Trinajstić information content (AvgIpc) is 3.01. The average molecular weight is 364 g/mol. The van der Waals surface area contributed by atoms with E-state index in [0.29, 0.717) is 22.4 Å². The second-order valence-electron chi connectivity index (χ2n) is 5.05. The lowest BCUT2D eigenvalue weighted by Crippen LogP contribution is -2.27. The zero-order valence-corrected chi connectivity index (χ0v) is 15.1. The summed E-state index contributed by atoms with van der Waals surface area (Å²) in [6, 6.07) is 10.0. The first-order valence-electron chi connectivity index (χ1n) is 7.74. The van der Waals surface area contributed by atoms with Crippen molar-refractivity contribution in [3.8, 4) is 0 Å². The highest BCUT2D eigenvalue weighted by Crippen LogP contribution is 2.25. The van der Waals surface area contributed by atoms with Gasteiger partial charge in [-0.2, -0.15) is 0 Å². The van der Waals surface area contributed by atoms with E-state index in [9.17, 15) is 9.59 Å². The molecule has 2 aromatic rings. The molecule has 0 bridgehead atoms. The molecule has 2 rings (SSSR count). The maximum Gasteiger partial charge on any atom is 0.230 e. The minimum absolute atomic E-state index is 0.0392. The van der Waals surface area contributed by atoms with E-state index in [1.165, 1.54) is 28.7 Å². The molecule has 0 saturated heterocycles. The molecule has 24 heavy (non-hydrogen) atoms. The summed E-state index contributed by atoms with van der Waals surface area (Å²) in [4.78, 5) is 23.3. The van der Waals surface area contributed by atoms with Crippen LogP contribution in [0.1, 0.15) is 25.3 Å². The highest BCUT2D eigenvalue weighted by Gasteiger charge is 2.10. The number of carbonyl (C=O) groups excluding carboxylic acids is 2. The van der Waals surface area contributed by atoms with Crippen molar-refractivity contribution in [2.45, 2.75) is 30.5 Å².